The van der Waals surface area contributed by atoms with Gasteiger partial charge in [-0.3, -0.25) is 4.79 Å². The van der Waals surface area contributed by atoms with E-state index in [-0.39, 0.29) is 5.97 Å². The summed E-state index contributed by atoms with van der Waals surface area (Å²) in [5.41, 5.74) is -0.445. The second-order valence-corrected chi connectivity index (χ2v) is 7.12. The van der Waals surface area contributed by atoms with Gasteiger partial charge in [0.15, 0.2) is 0 Å². The van der Waals surface area contributed by atoms with E-state index in [1.807, 2.05) is 7.05 Å². The number of likely N-dealkylation sites (N-methyl/N-ethyl adjacent to an activating group) is 1. The summed E-state index contributed by atoms with van der Waals surface area (Å²) in [6, 6.07) is 0.685. The number of carbonyl (C=O) groups excluding carboxylic acids is 1. The number of piperidine rings is 1. The molecule has 0 aromatic heterocycles. The summed E-state index contributed by atoms with van der Waals surface area (Å²) >= 11 is 0. The van der Waals surface area contributed by atoms with Crippen LogP contribution in [0, 0.1) is 11.8 Å². The molecule has 4 heteroatoms. The molecule has 0 amide bonds. The van der Waals surface area contributed by atoms with Crippen molar-refractivity contribution in [2.45, 2.75) is 64.0 Å². The molecule has 4 nitrogen and oxygen atoms in total. The van der Waals surface area contributed by atoms with E-state index in [4.69, 9.17) is 4.74 Å². The molecule has 2 rings (SSSR count). The number of hydrogen-bond donors (Lipinski definition) is 1. The fraction of sp³-hybridized carbons (Fsp3) is 0.941. The molecular weight excluding hydrogens is 264 g/mol. The van der Waals surface area contributed by atoms with Gasteiger partial charge in [-0.25, -0.2) is 0 Å². The van der Waals surface area contributed by atoms with Crippen LogP contribution in [0.4, 0.5) is 0 Å². The molecule has 1 saturated heterocycles. The van der Waals surface area contributed by atoms with Crippen molar-refractivity contribution in [2.24, 2.45) is 11.8 Å². The number of esters is 1. The molecule has 122 valence electrons. The van der Waals surface area contributed by atoms with Crippen LogP contribution in [0.2, 0.25) is 0 Å². The highest BCUT2D eigenvalue weighted by molar-refractivity contribution is 5.81. The monoisotopic (exact) mass is 296 g/mol. The molecule has 1 N–H and O–H groups in total. The van der Waals surface area contributed by atoms with Crippen LogP contribution >= 0.6 is 0 Å². The van der Waals surface area contributed by atoms with Crippen LogP contribution in [0.25, 0.3) is 0 Å². The van der Waals surface area contributed by atoms with Gasteiger partial charge >= 0.3 is 5.97 Å². The third-order valence-corrected chi connectivity index (χ3v) is 5.83. The van der Waals surface area contributed by atoms with E-state index in [0.29, 0.717) is 12.0 Å². The Morgan fingerprint density at radius 1 is 1.33 bits per heavy atom. The number of hydrogen-bond acceptors (Lipinski definition) is 4. The van der Waals surface area contributed by atoms with E-state index in [2.05, 4.69) is 24.1 Å². The van der Waals surface area contributed by atoms with Crippen molar-refractivity contribution < 1.29 is 9.53 Å². The van der Waals surface area contributed by atoms with Crippen LogP contribution in [-0.4, -0.2) is 49.7 Å². The fourth-order valence-corrected chi connectivity index (χ4v) is 4.36. The molecule has 0 radical (unpaired) electrons. The van der Waals surface area contributed by atoms with Gasteiger partial charge in [-0.05, 0) is 64.5 Å². The smallest absolute Gasteiger partial charge is 0.326 e. The van der Waals surface area contributed by atoms with E-state index in [1.165, 1.54) is 26.5 Å². The summed E-state index contributed by atoms with van der Waals surface area (Å²) in [4.78, 5) is 14.9. The molecule has 1 aliphatic heterocycles. The summed E-state index contributed by atoms with van der Waals surface area (Å²) in [6.07, 6.45) is 6.91. The summed E-state index contributed by atoms with van der Waals surface area (Å²) in [7, 11) is 3.41. The number of carbonyl (C=O) groups is 1. The van der Waals surface area contributed by atoms with Crippen molar-refractivity contribution in [3.63, 3.8) is 0 Å². The molecule has 0 spiro atoms. The first-order valence-corrected chi connectivity index (χ1v) is 8.55. The largest absolute Gasteiger partial charge is 0.468 e. The minimum Gasteiger partial charge on any atom is -0.468 e. The maximum absolute atomic E-state index is 12.2. The van der Waals surface area contributed by atoms with Gasteiger partial charge in [-0.2, -0.15) is 0 Å². The standard InChI is InChI=1S/C17H32N2O2/c1-13-7-8-14(2)19(12-13)11-9-15-6-5-10-17(15,18-3)16(20)21-4/h13-15,18H,5-12H2,1-4H3. The summed E-state index contributed by atoms with van der Waals surface area (Å²) in [5, 5.41) is 3.29. The SMILES string of the molecule is CNC1(C(=O)OC)CCCC1CCN1CC(C)CCC1C. The van der Waals surface area contributed by atoms with E-state index < -0.39 is 5.54 Å². The van der Waals surface area contributed by atoms with Gasteiger partial charge in [-0.1, -0.05) is 13.3 Å². The van der Waals surface area contributed by atoms with Crippen LogP contribution in [0.3, 0.4) is 0 Å². The summed E-state index contributed by atoms with van der Waals surface area (Å²) in [6.45, 7) is 7.00. The first-order chi connectivity index (χ1) is 10.0. The van der Waals surface area contributed by atoms with Crippen molar-refractivity contribution >= 4 is 5.97 Å². The van der Waals surface area contributed by atoms with Gasteiger partial charge in [0.2, 0.25) is 0 Å². The van der Waals surface area contributed by atoms with Crippen molar-refractivity contribution in [2.75, 3.05) is 27.2 Å². The lowest BCUT2D eigenvalue weighted by Gasteiger charge is -2.39. The Hall–Kier alpha value is -0.610. The average molecular weight is 296 g/mol. The minimum atomic E-state index is -0.445. The van der Waals surface area contributed by atoms with E-state index in [0.717, 1.165) is 38.1 Å². The first kappa shape index (κ1) is 16.8. The zero-order valence-corrected chi connectivity index (χ0v) is 14.2. The lowest BCUT2D eigenvalue weighted by molar-refractivity contribution is -0.150. The molecular formula is C17H32N2O2. The predicted octanol–water partition coefficient (Wildman–Crippen LogP) is 2.43. The minimum absolute atomic E-state index is 0.0763. The molecule has 0 aromatic rings. The molecule has 1 heterocycles. The summed E-state index contributed by atoms with van der Waals surface area (Å²) < 4.78 is 5.07. The Labute approximate surface area is 129 Å². The molecule has 4 unspecified atom stereocenters. The van der Waals surface area contributed by atoms with Crippen molar-refractivity contribution in [1.29, 1.82) is 0 Å². The Morgan fingerprint density at radius 2 is 2.10 bits per heavy atom. The maximum Gasteiger partial charge on any atom is 0.326 e. The van der Waals surface area contributed by atoms with Crippen LogP contribution in [0.5, 0.6) is 0 Å². The van der Waals surface area contributed by atoms with Gasteiger partial charge < -0.3 is 15.0 Å². The van der Waals surface area contributed by atoms with E-state index in [9.17, 15) is 4.79 Å². The number of nitrogens with one attached hydrogen (secondary N) is 1. The molecule has 2 aliphatic rings. The Kier molecular flexibility index (Phi) is 5.67. The lowest BCUT2D eigenvalue weighted by atomic mass is 9.84. The average Bonchev–Trinajstić information content (AvgIpc) is 2.91. The number of ether oxygens (including phenoxy) is 1. The first-order valence-electron chi connectivity index (χ1n) is 8.55. The van der Waals surface area contributed by atoms with Crippen molar-refractivity contribution in [3.05, 3.63) is 0 Å². The highest BCUT2D eigenvalue weighted by Gasteiger charge is 2.48. The van der Waals surface area contributed by atoms with Crippen molar-refractivity contribution in [1.82, 2.24) is 10.2 Å². The highest BCUT2D eigenvalue weighted by Crippen LogP contribution is 2.39. The normalized spacial score (nSPS) is 37.6. The highest BCUT2D eigenvalue weighted by atomic mass is 16.5. The van der Waals surface area contributed by atoms with Crippen LogP contribution in [0.1, 0.15) is 52.4 Å². The molecule has 2 fully saturated rings. The molecule has 1 aliphatic carbocycles. The maximum atomic E-state index is 12.2. The number of rotatable bonds is 5. The van der Waals surface area contributed by atoms with Gasteiger partial charge in [0.25, 0.3) is 0 Å². The lowest BCUT2D eigenvalue weighted by Crippen LogP contribution is -2.54. The summed E-state index contributed by atoms with van der Waals surface area (Å²) in [5.74, 6) is 1.13. The Balaban J connectivity index is 1.96. The quantitative estimate of drug-likeness (QED) is 0.791. The van der Waals surface area contributed by atoms with Gasteiger partial charge in [0, 0.05) is 12.6 Å². The molecule has 0 bridgehead atoms. The topological polar surface area (TPSA) is 41.6 Å². The van der Waals surface area contributed by atoms with Crippen molar-refractivity contribution in [3.8, 4) is 0 Å². The fourth-order valence-electron chi connectivity index (χ4n) is 4.36. The van der Waals surface area contributed by atoms with Crippen LogP contribution in [-0.2, 0) is 9.53 Å². The zero-order chi connectivity index (χ0) is 15.5. The Morgan fingerprint density at radius 3 is 2.76 bits per heavy atom. The number of methoxy groups -OCH3 is 1. The zero-order valence-electron chi connectivity index (χ0n) is 14.2. The van der Waals surface area contributed by atoms with Crippen LogP contribution in [0.15, 0.2) is 0 Å². The second-order valence-electron chi connectivity index (χ2n) is 7.12. The van der Waals surface area contributed by atoms with E-state index >= 15 is 0 Å². The molecule has 1 saturated carbocycles. The van der Waals surface area contributed by atoms with E-state index in [1.54, 1.807) is 0 Å². The van der Waals surface area contributed by atoms with Gasteiger partial charge in [-0.15, -0.1) is 0 Å². The predicted molar refractivity (Wildman–Crippen MR) is 85.2 cm³/mol. The molecule has 21 heavy (non-hydrogen) atoms. The molecule has 4 atom stereocenters. The van der Waals surface area contributed by atoms with Crippen LogP contribution < -0.4 is 5.32 Å². The number of likely N-dealkylation sites (tertiary alicyclic amines) is 1. The second kappa shape index (κ2) is 7.10. The van der Waals surface area contributed by atoms with Gasteiger partial charge in [0.1, 0.15) is 5.54 Å². The van der Waals surface area contributed by atoms with Gasteiger partial charge in [0.05, 0.1) is 7.11 Å². The third kappa shape index (κ3) is 3.42. The number of nitrogens with zero attached hydrogens (tertiary/aromatic N) is 1. The molecule has 0 aromatic carbocycles. The third-order valence-electron chi connectivity index (χ3n) is 5.83. The Bertz CT molecular complexity index is 361.